The van der Waals surface area contributed by atoms with E-state index in [1.54, 1.807) is 11.3 Å². The third kappa shape index (κ3) is 4.03. The Kier molecular flexibility index (Phi) is 5.54. The van der Waals surface area contributed by atoms with Crippen molar-refractivity contribution in [2.45, 2.75) is 58.5 Å². The van der Waals surface area contributed by atoms with Gasteiger partial charge in [0, 0.05) is 17.1 Å². The molecule has 112 valence electrons. The molecule has 3 unspecified atom stereocenters. The molecule has 0 radical (unpaired) electrons. The van der Waals surface area contributed by atoms with E-state index < -0.39 is 0 Å². The molecule has 1 aromatic heterocycles. The van der Waals surface area contributed by atoms with Crippen LogP contribution >= 0.6 is 11.3 Å². The second-order valence-electron chi connectivity index (χ2n) is 5.51. The summed E-state index contributed by atoms with van der Waals surface area (Å²) in [6, 6.07) is 0.636. The Bertz CT molecular complexity index is 447. The van der Waals surface area contributed by atoms with E-state index in [0.29, 0.717) is 12.6 Å². The molecule has 0 bridgehead atoms. The number of esters is 1. The van der Waals surface area contributed by atoms with Crippen molar-refractivity contribution in [3.8, 4) is 0 Å². The van der Waals surface area contributed by atoms with Gasteiger partial charge in [-0.3, -0.25) is 4.79 Å². The molecule has 4 nitrogen and oxygen atoms in total. The molecule has 1 heterocycles. The quantitative estimate of drug-likeness (QED) is 0.848. The minimum absolute atomic E-state index is 0.0308. The Hall–Kier alpha value is -0.940. The van der Waals surface area contributed by atoms with Gasteiger partial charge in [-0.25, -0.2) is 4.98 Å². The second-order valence-corrected chi connectivity index (χ2v) is 6.78. The number of hydrogen-bond donors (Lipinski definition) is 1. The third-order valence-electron chi connectivity index (χ3n) is 3.79. The molecule has 2 rings (SSSR count). The molecular weight excluding hydrogens is 272 g/mol. The Balaban J connectivity index is 1.87. The molecule has 5 heteroatoms. The van der Waals surface area contributed by atoms with Gasteiger partial charge >= 0.3 is 5.97 Å². The predicted octanol–water partition coefficient (Wildman–Crippen LogP) is 3.22. The van der Waals surface area contributed by atoms with Crippen LogP contribution < -0.4 is 5.32 Å². The van der Waals surface area contributed by atoms with Crippen LogP contribution in [0, 0.1) is 12.8 Å². The number of carbonyl (C=O) groups is 1. The predicted molar refractivity (Wildman–Crippen MR) is 80.8 cm³/mol. The van der Waals surface area contributed by atoms with Gasteiger partial charge in [-0.05, 0) is 40.0 Å². The molecule has 1 aromatic rings. The summed E-state index contributed by atoms with van der Waals surface area (Å²) >= 11 is 1.73. The molecule has 0 amide bonds. The highest BCUT2D eigenvalue weighted by molar-refractivity contribution is 7.11. The van der Waals surface area contributed by atoms with Crippen LogP contribution in [-0.2, 0) is 9.53 Å². The van der Waals surface area contributed by atoms with Crippen molar-refractivity contribution in [2.24, 2.45) is 5.92 Å². The third-order valence-corrected chi connectivity index (χ3v) is 4.88. The first-order valence-electron chi connectivity index (χ1n) is 7.45. The minimum Gasteiger partial charge on any atom is -0.466 e. The first-order chi connectivity index (χ1) is 9.60. The Morgan fingerprint density at radius 1 is 1.60 bits per heavy atom. The van der Waals surface area contributed by atoms with Gasteiger partial charge in [-0.2, -0.15) is 0 Å². The van der Waals surface area contributed by atoms with Gasteiger partial charge < -0.3 is 10.1 Å². The van der Waals surface area contributed by atoms with Gasteiger partial charge in [-0.1, -0.05) is 6.42 Å². The largest absolute Gasteiger partial charge is 0.466 e. The molecule has 0 spiro atoms. The van der Waals surface area contributed by atoms with Gasteiger partial charge in [0.25, 0.3) is 0 Å². The summed E-state index contributed by atoms with van der Waals surface area (Å²) in [7, 11) is 0. The highest BCUT2D eigenvalue weighted by Gasteiger charge is 2.29. The van der Waals surface area contributed by atoms with E-state index in [4.69, 9.17) is 4.74 Å². The molecule has 3 atom stereocenters. The fourth-order valence-electron chi connectivity index (χ4n) is 2.81. The molecule has 1 N–H and O–H groups in total. The van der Waals surface area contributed by atoms with Gasteiger partial charge in [0.05, 0.1) is 18.6 Å². The first kappa shape index (κ1) is 15.4. The smallest absolute Gasteiger partial charge is 0.308 e. The SMILES string of the molecule is CCOC(=O)C1CCCC(NC(C)c2ncc(C)s2)C1. The van der Waals surface area contributed by atoms with Crippen LogP contribution in [0.4, 0.5) is 0 Å². The van der Waals surface area contributed by atoms with E-state index >= 15 is 0 Å². The monoisotopic (exact) mass is 296 g/mol. The van der Waals surface area contributed by atoms with Crippen molar-refractivity contribution >= 4 is 17.3 Å². The minimum atomic E-state index is -0.0308. The fourth-order valence-corrected chi connectivity index (χ4v) is 3.60. The molecule has 0 aromatic carbocycles. The second kappa shape index (κ2) is 7.18. The van der Waals surface area contributed by atoms with Crippen molar-refractivity contribution in [2.75, 3.05) is 6.61 Å². The number of rotatable bonds is 5. The van der Waals surface area contributed by atoms with E-state index in [9.17, 15) is 4.79 Å². The number of thiazole rings is 1. The molecule has 1 saturated carbocycles. The zero-order valence-corrected chi connectivity index (χ0v) is 13.3. The average molecular weight is 296 g/mol. The summed E-state index contributed by atoms with van der Waals surface area (Å²) in [6.45, 7) is 6.56. The van der Waals surface area contributed by atoms with Gasteiger partial charge in [-0.15, -0.1) is 11.3 Å². The number of aromatic nitrogens is 1. The molecular formula is C15H24N2O2S. The standard InChI is InChI=1S/C15H24N2O2S/c1-4-19-15(18)12-6-5-7-13(8-12)17-11(3)14-16-9-10(2)20-14/h9,11-13,17H,4-8H2,1-3H3. The van der Waals surface area contributed by atoms with Gasteiger partial charge in [0.1, 0.15) is 5.01 Å². The van der Waals surface area contributed by atoms with E-state index in [0.717, 1.165) is 30.7 Å². The lowest BCUT2D eigenvalue weighted by Gasteiger charge is -2.30. The number of aryl methyl sites for hydroxylation is 1. The normalized spacial score (nSPS) is 24.4. The van der Waals surface area contributed by atoms with Crippen molar-refractivity contribution in [1.29, 1.82) is 0 Å². The van der Waals surface area contributed by atoms with E-state index in [2.05, 4.69) is 24.1 Å². The zero-order valence-electron chi connectivity index (χ0n) is 12.5. The maximum Gasteiger partial charge on any atom is 0.308 e. The molecule has 1 fully saturated rings. The summed E-state index contributed by atoms with van der Waals surface area (Å²) in [5, 5.41) is 4.74. The zero-order chi connectivity index (χ0) is 14.5. The molecule has 1 aliphatic carbocycles. The van der Waals surface area contributed by atoms with Crippen LogP contribution in [0.15, 0.2) is 6.20 Å². The first-order valence-corrected chi connectivity index (χ1v) is 8.26. The van der Waals surface area contributed by atoms with Crippen LogP contribution in [0.1, 0.15) is 55.5 Å². The lowest BCUT2D eigenvalue weighted by atomic mass is 9.85. The summed E-state index contributed by atoms with van der Waals surface area (Å²) in [6.07, 6.45) is 5.98. The van der Waals surface area contributed by atoms with Crippen molar-refractivity contribution in [1.82, 2.24) is 10.3 Å². The summed E-state index contributed by atoms with van der Waals surface area (Å²) < 4.78 is 5.15. The molecule has 0 saturated heterocycles. The molecule has 1 aliphatic rings. The summed E-state index contributed by atoms with van der Waals surface area (Å²) in [4.78, 5) is 17.5. The maximum atomic E-state index is 11.8. The number of hydrogen-bond acceptors (Lipinski definition) is 5. The number of carbonyl (C=O) groups excluding carboxylic acids is 1. The average Bonchev–Trinajstić information content (AvgIpc) is 2.86. The van der Waals surface area contributed by atoms with E-state index in [1.807, 2.05) is 13.1 Å². The van der Waals surface area contributed by atoms with Crippen molar-refractivity contribution < 1.29 is 9.53 Å². The van der Waals surface area contributed by atoms with Gasteiger partial charge in [0.15, 0.2) is 0 Å². The number of ether oxygens (including phenoxy) is 1. The highest BCUT2D eigenvalue weighted by Crippen LogP contribution is 2.28. The lowest BCUT2D eigenvalue weighted by molar-refractivity contribution is -0.149. The van der Waals surface area contributed by atoms with Crippen LogP contribution in [-0.4, -0.2) is 23.6 Å². The molecule has 20 heavy (non-hydrogen) atoms. The number of nitrogens with one attached hydrogen (secondary N) is 1. The van der Waals surface area contributed by atoms with Crippen LogP contribution in [0.3, 0.4) is 0 Å². The Morgan fingerprint density at radius 2 is 2.40 bits per heavy atom. The van der Waals surface area contributed by atoms with E-state index in [1.165, 1.54) is 4.88 Å². The molecule has 0 aliphatic heterocycles. The summed E-state index contributed by atoms with van der Waals surface area (Å²) in [5.41, 5.74) is 0. The maximum absolute atomic E-state index is 11.8. The van der Waals surface area contributed by atoms with E-state index in [-0.39, 0.29) is 17.9 Å². The fraction of sp³-hybridized carbons (Fsp3) is 0.733. The van der Waals surface area contributed by atoms with Crippen molar-refractivity contribution in [3.05, 3.63) is 16.1 Å². The summed E-state index contributed by atoms with van der Waals surface area (Å²) in [5.74, 6) is 0.0307. The van der Waals surface area contributed by atoms with Crippen molar-refractivity contribution in [3.63, 3.8) is 0 Å². The van der Waals surface area contributed by atoms with Crippen LogP contribution in [0.25, 0.3) is 0 Å². The lowest BCUT2D eigenvalue weighted by Crippen LogP contribution is -2.38. The topological polar surface area (TPSA) is 51.2 Å². The van der Waals surface area contributed by atoms with Crippen LogP contribution in [0.5, 0.6) is 0 Å². The highest BCUT2D eigenvalue weighted by atomic mass is 32.1. The van der Waals surface area contributed by atoms with Gasteiger partial charge in [0.2, 0.25) is 0 Å². The number of nitrogens with zero attached hydrogens (tertiary/aromatic N) is 1. The Morgan fingerprint density at radius 3 is 3.05 bits per heavy atom. The Labute approximate surface area is 124 Å². The van der Waals surface area contributed by atoms with Crippen LogP contribution in [0.2, 0.25) is 0 Å².